The van der Waals surface area contributed by atoms with E-state index in [0.717, 1.165) is 28.0 Å². The van der Waals surface area contributed by atoms with Crippen LogP contribution in [-0.2, 0) is 21.4 Å². The van der Waals surface area contributed by atoms with Crippen molar-refractivity contribution in [3.05, 3.63) is 100 Å². The first kappa shape index (κ1) is 36.3. The SMILES string of the molecule is COc1ccc(CN(c2ncns2)S(=O)(=O)c2cc(Cl)c(Oc3ccc(Cl)cc3-c3ccnc(C(=O)NCCC(=O)O)c3)cc2F)c(OC)c1. The van der Waals surface area contributed by atoms with Crippen LogP contribution in [0, 0.1) is 5.82 Å². The third-order valence-electron chi connectivity index (χ3n) is 7.02. The Bertz CT molecular complexity index is 2160. The number of carbonyl (C=O) groups excluding carboxylic acids is 1. The van der Waals surface area contributed by atoms with Gasteiger partial charge in [-0.15, -0.1) is 0 Å². The molecular formula is C32H26Cl2FN5O8S2. The molecule has 0 bridgehead atoms. The number of pyridine rings is 1. The summed E-state index contributed by atoms with van der Waals surface area (Å²) in [7, 11) is -1.75. The van der Waals surface area contributed by atoms with Crippen LogP contribution in [0.2, 0.25) is 10.0 Å². The second-order valence-electron chi connectivity index (χ2n) is 10.2. The Morgan fingerprint density at radius 3 is 2.48 bits per heavy atom. The van der Waals surface area contributed by atoms with E-state index in [4.69, 9.17) is 42.5 Å². The summed E-state index contributed by atoms with van der Waals surface area (Å²) in [6, 6.07) is 14.1. The highest BCUT2D eigenvalue weighted by atomic mass is 35.5. The Hall–Kier alpha value is -5.03. The van der Waals surface area contributed by atoms with Crippen molar-refractivity contribution in [2.45, 2.75) is 17.9 Å². The number of rotatable bonds is 14. The zero-order chi connectivity index (χ0) is 36.0. The number of aromatic nitrogens is 3. The molecule has 18 heteroatoms. The van der Waals surface area contributed by atoms with Crippen LogP contribution in [0.4, 0.5) is 9.52 Å². The monoisotopic (exact) mass is 761 g/mol. The summed E-state index contributed by atoms with van der Waals surface area (Å²) < 4.78 is 65.4. The van der Waals surface area contributed by atoms with Crippen LogP contribution < -0.4 is 23.8 Å². The van der Waals surface area contributed by atoms with E-state index < -0.39 is 32.6 Å². The van der Waals surface area contributed by atoms with Crippen LogP contribution in [0.1, 0.15) is 22.5 Å². The van der Waals surface area contributed by atoms with Gasteiger partial charge in [0.05, 0.1) is 32.2 Å². The first-order valence-electron chi connectivity index (χ1n) is 14.3. The third kappa shape index (κ3) is 8.22. The molecule has 2 N–H and O–H groups in total. The summed E-state index contributed by atoms with van der Waals surface area (Å²) in [5, 5.41) is 11.4. The van der Waals surface area contributed by atoms with Crippen LogP contribution >= 0.6 is 34.7 Å². The van der Waals surface area contributed by atoms with Crippen molar-refractivity contribution in [1.29, 1.82) is 0 Å². The molecule has 260 valence electrons. The van der Waals surface area contributed by atoms with Crippen molar-refractivity contribution < 1.29 is 41.7 Å². The summed E-state index contributed by atoms with van der Waals surface area (Å²) in [5.41, 5.74) is 1.22. The predicted octanol–water partition coefficient (Wildman–Crippen LogP) is 6.46. The molecule has 0 saturated heterocycles. The standard InChI is InChI=1S/C32H26Cl2FN5O8S2/c1-46-21-5-3-19(27(13-21)47-2)16-40(32-38-17-39-49-32)50(44,45)29-14-23(34)28(15-24(29)35)48-26-6-4-20(33)12-22(26)18-7-9-36-25(11-18)31(43)37-10-8-30(41)42/h3-7,9,11-15,17H,8,10,16H2,1-2H3,(H,37,43)(H,41,42). The molecule has 0 aliphatic rings. The van der Waals surface area contributed by atoms with Gasteiger partial charge in [0.1, 0.15) is 45.7 Å². The second kappa shape index (κ2) is 15.7. The molecule has 0 saturated carbocycles. The van der Waals surface area contributed by atoms with Gasteiger partial charge >= 0.3 is 5.97 Å². The van der Waals surface area contributed by atoms with Gasteiger partial charge < -0.3 is 24.6 Å². The Morgan fingerprint density at radius 1 is 0.980 bits per heavy atom. The average Bonchev–Trinajstić information content (AvgIpc) is 3.63. The van der Waals surface area contributed by atoms with Gasteiger partial charge in [0.15, 0.2) is 0 Å². The molecule has 2 aromatic heterocycles. The van der Waals surface area contributed by atoms with E-state index in [0.29, 0.717) is 33.2 Å². The number of ether oxygens (including phenoxy) is 3. The van der Waals surface area contributed by atoms with Crippen LogP contribution in [0.15, 0.2) is 78.1 Å². The highest BCUT2D eigenvalue weighted by Crippen LogP contribution is 2.40. The largest absolute Gasteiger partial charge is 0.497 e. The summed E-state index contributed by atoms with van der Waals surface area (Å²) in [4.78, 5) is 30.7. The van der Waals surface area contributed by atoms with E-state index >= 15 is 4.39 Å². The fraction of sp³-hybridized carbons (Fsp3) is 0.156. The Balaban J connectivity index is 1.47. The van der Waals surface area contributed by atoms with Crippen molar-refractivity contribution in [2.24, 2.45) is 0 Å². The molecule has 0 spiro atoms. The molecule has 13 nitrogen and oxygen atoms in total. The first-order valence-corrected chi connectivity index (χ1v) is 17.3. The lowest BCUT2D eigenvalue weighted by Crippen LogP contribution is -2.31. The number of carbonyl (C=O) groups is 2. The highest BCUT2D eigenvalue weighted by molar-refractivity contribution is 7.93. The summed E-state index contributed by atoms with van der Waals surface area (Å²) >= 11 is 13.6. The molecule has 0 fully saturated rings. The van der Waals surface area contributed by atoms with E-state index in [2.05, 4.69) is 19.7 Å². The molecule has 0 atom stereocenters. The molecule has 0 unspecified atom stereocenters. The van der Waals surface area contributed by atoms with Gasteiger partial charge in [-0.3, -0.25) is 14.6 Å². The maximum Gasteiger partial charge on any atom is 0.305 e. The van der Waals surface area contributed by atoms with E-state index in [1.54, 1.807) is 24.3 Å². The third-order valence-corrected chi connectivity index (χ3v) is 10.1. The van der Waals surface area contributed by atoms with Gasteiger partial charge in [0, 0.05) is 52.6 Å². The number of hydrogen-bond acceptors (Lipinski definition) is 11. The number of carboxylic acids is 1. The van der Waals surface area contributed by atoms with E-state index in [1.807, 2.05) is 0 Å². The van der Waals surface area contributed by atoms with Gasteiger partial charge in [-0.25, -0.2) is 22.1 Å². The second-order valence-corrected chi connectivity index (χ2v) is 13.6. The number of nitrogens with zero attached hydrogens (tertiary/aromatic N) is 4. The van der Waals surface area contributed by atoms with E-state index in [-0.39, 0.29) is 46.9 Å². The van der Waals surface area contributed by atoms with Crippen LogP contribution in [-0.4, -0.2) is 60.5 Å². The van der Waals surface area contributed by atoms with Crippen molar-refractivity contribution in [3.8, 4) is 34.1 Å². The molecule has 1 amide bonds. The topological polar surface area (TPSA) is 170 Å². The summed E-state index contributed by atoms with van der Waals surface area (Å²) in [6.45, 7) is -0.394. The lowest BCUT2D eigenvalue weighted by atomic mass is 10.0. The number of carboxylic acid groups (broad SMARTS) is 1. The van der Waals surface area contributed by atoms with Crippen molar-refractivity contribution in [1.82, 2.24) is 19.7 Å². The van der Waals surface area contributed by atoms with Crippen LogP contribution in [0.5, 0.6) is 23.0 Å². The number of amides is 1. The smallest absolute Gasteiger partial charge is 0.305 e. The van der Waals surface area contributed by atoms with Crippen LogP contribution in [0.25, 0.3) is 11.1 Å². The average molecular weight is 763 g/mol. The number of nitrogens with one attached hydrogen (secondary N) is 1. The molecule has 2 heterocycles. The van der Waals surface area contributed by atoms with Crippen molar-refractivity contribution in [3.63, 3.8) is 0 Å². The van der Waals surface area contributed by atoms with Gasteiger partial charge in [-0.05, 0) is 54.1 Å². The minimum atomic E-state index is -4.64. The number of aliphatic carboxylic acids is 1. The molecule has 5 aromatic rings. The lowest BCUT2D eigenvalue weighted by Gasteiger charge is -2.23. The normalized spacial score (nSPS) is 11.1. The number of hydrogen-bond donors (Lipinski definition) is 2. The maximum atomic E-state index is 15.9. The first-order chi connectivity index (χ1) is 23.9. The minimum absolute atomic E-state index is 0.00954. The maximum absolute atomic E-state index is 15.9. The molecule has 0 aliphatic heterocycles. The van der Waals surface area contributed by atoms with Crippen molar-refractivity contribution >= 4 is 61.8 Å². The molecule has 50 heavy (non-hydrogen) atoms. The Morgan fingerprint density at radius 2 is 1.78 bits per heavy atom. The molecule has 0 radical (unpaired) electrons. The van der Waals surface area contributed by atoms with E-state index in [9.17, 15) is 18.0 Å². The number of methoxy groups -OCH3 is 2. The summed E-state index contributed by atoms with van der Waals surface area (Å²) in [6.07, 6.45) is 2.27. The zero-order valence-corrected chi connectivity index (χ0v) is 29.2. The molecule has 5 rings (SSSR count). The van der Waals surface area contributed by atoms with Gasteiger partial charge in [-0.1, -0.05) is 23.2 Å². The lowest BCUT2D eigenvalue weighted by molar-refractivity contribution is -0.136. The van der Waals surface area contributed by atoms with Gasteiger partial charge in [0.25, 0.3) is 15.9 Å². The fourth-order valence-electron chi connectivity index (χ4n) is 4.61. The van der Waals surface area contributed by atoms with Crippen molar-refractivity contribution in [2.75, 3.05) is 25.1 Å². The van der Waals surface area contributed by atoms with Crippen LogP contribution in [0.3, 0.4) is 0 Å². The minimum Gasteiger partial charge on any atom is -0.497 e. The Labute approximate surface area is 299 Å². The van der Waals surface area contributed by atoms with Gasteiger partial charge in [-0.2, -0.15) is 4.37 Å². The number of sulfonamides is 1. The molecular weight excluding hydrogens is 736 g/mol. The Kier molecular flexibility index (Phi) is 11.4. The quantitative estimate of drug-likeness (QED) is 0.127. The molecule has 0 aliphatic carbocycles. The number of anilines is 1. The fourth-order valence-corrected chi connectivity index (χ4v) is 7.25. The number of halogens is 3. The van der Waals surface area contributed by atoms with E-state index in [1.165, 1.54) is 51.0 Å². The highest BCUT2D eigenvalue weighted by Gasteiger charge is 2.32. The summed E-state index contributed by atoms with van der Waals surface area (Å²) in [5.74, 6) is -2.11. The number of benzene rings is 3. The molecule has 3 aromatic carbocycles. The predicted molar refractivity (Wildman–Crippen MR) is 184 cm³/mol. The van der Waals surface area contributed by atoms with Gasteiger partial charge in [0.2, 0.25) is 5.13 Å². The zero-order valence-electron chi connectivity index (χ0n) is 26.1.